The molecule has 0 saturated heterocycles. The zero-order valence-corrected chi connectivity index (χ0v) is 16.2. The van der Waals surface area contributed by atoms with Crippen molar-refractivity contribution in [1.29, 1.82) is 0 Å². The topological polar surface area (TPSA) is 79.1 Å². The number of methoxy groups -OCH3 is 2. The smallest absolute Gasteiger partial charge is 0.191 e. The minimum absolute atomic E-state index is 0.0166. The number of rotatable bonds is 8. The molecule has 0 fully saturated rings. The van der Waals surface area contributed by atoms with Crippen molar-refractivity contribution >= 4 is 17.5 Å². The van der Waals surface area contributed by atoms with Gasteiger partial charge in [-0.15, -0.1) is 10.2 Å². The quantitative estimate of drug-likeness (QED) is 0.435. The number of hydrogen-bond acceptors (Lipinski definition) is 7. The van der Waals surface area contributed by atoms with Crippen molar-refractivity contribution in [2.24, 2.45) is 0 Å². The van der Waals surface area contributed by atoms with Crippen LogP contribution in [0.3, 0.4) is 0 Å². The number of carbonyl (C=O) groups is 1. The molecule has 2 heterocycles. The van der Waals surface area contributed by atoms with Crippen LogP contribution in [-0.2, 0) is 6.54 Å². The summed E-state index contributed by atoms with van der Waals surface area (Å²) in [6.45, 7) is 2.73. The maximum Gasteiger partial charge on any atom is 0.191 e. The van der Waals surface area contributed by atoms with Crippen LogP contribution in [0, 0.1) is 0 Å². The minimum Gasteiger partial charge on any atom is -0.493 e. The van der Waals surface area contributed by atoms with E-state index in [2.05, 4.69) is 15.2 Å². The van der Waals surface area contributed by atoms with Crippen LogP contribution in [0.2, 0.25) is 0 Å². The maximum atomic E-state index is 12.6. The molecular weight excluding hydrogens is 364 g/mol. The molecule has 3 aromatic rings. The molecule has 0 unspecified atom stereocenters. The Morgan fingerprint density at radius 2 is 1.81 bits per heavy atom. The van der Waals surface area contributed by atoms with Crippen LogP contribution < -0.4 is 9.47 Å². The van der Waals surface area contributed by atoms with Gasteiger partial charge in [-0.25, -0.2) is 0 Å². The van der Waals surface area contributed by atoms with E-state index >= 15 is 0 Å². The highest BCUT2D eigenvalue weighted by atomic mass is 32.2. The standard InChI is InChI=1S/C19H20N4O3S/c1-4-23-18(13-7-9-20-10-8-13)21-22-19(23)27-12-15(24)14-5-6-16(25-2)17(11-14)26-3/h5-11H,4,12H2,1-3H3. The number of aromatic nitrogens is 4. The zero-order valence-electron chi connectivity index (χ0n) is 15.4. The first-order valence-corrected chi connectivity index (χ1v) is 9.38. The Morgan fingerprint density at radius 3 is 2.48 bits per heavy atom. The molecule has 27 heavy (non-hydrogen) atoms. The van der Waals surface area contributed by atoms with Crippen molar-refractivity contribution in [3.63, 3.8) is 0 Å². The molecule has 0 amide bonds. The average Bonchev–Trinajstić information content (AvgIpc) is 3.14. The summed E-state index contributed by atoms with van der Waals surface area (Å²) in [7, 11) is 3.11. The molecule has 8 heteroatoms. The SMILES string of the molecule is CCn1c(SCC(=O)c2ccc(OC)c(OC)c2)nnc1-c1ccncc1. The third-order valence-corrected chi connectivity index (χ3v) is 4.98. The van der Waals surface area contributed by atoms with E-state index in [0.717, 1.165) is 11.4 Å². The summed E-state index contributed by atoms with van der Waals surface area (Å²) < 4.78 is 12.5. The second-order valence-electron chi connectivity index (χ2n) is 5.57. The van der Waals surface area contributed by atoms with E-state index in [1.807, 2.05) is 23.6 Å². The van der Waals surface area contributed by atoms with Gasteiger partial charge in [0.05, 0.1) is 20.0 Å². The van der Waals surface area contributed by atoms with Crippen molar-refractivity contribution in [3.8, 4) is 22.9 Å². The van der Waals surface area contributed by atoms with E-state index in [4.69, 9.17) is 9.47 Å². The van der Waals surface area contributed by atoms with Crippen molar-refractivity contribution in [2.75, 3.05) is 20.0 Å². The first kappa shape index (κ1) is 18.9. The van der Waals surface area contributed by atoms with Gasteiger partial charge in [0.1, 0.15) is 0 Å². The molecule has 2 aromatic heterocycles. The van der Waals surface area contributed by atoms with Gasteiger partial charge in [0, 0.05) is 30.1 Å². The van der Waals surface area contributed by atoms with Crippen LogP contribution in [0.5, 0.6) is 11.5 Å². The third-order valence-electron chi connectivity index (χ3n) is 4.01. The molecule has 140 valence electrons. The fraction of sp³-hybridized carbons (Fsp3) is 0.263. The summed E-state index contributed by atoms with van der Waals surface area (Å²) in [6, 6.07) is 8.93. The lowest BCUT2D eigenvalue weighted by molar-refractivity contribution is 0.102. The van der Waals surface area contributed by atoms with Gasteiger partial charge in [-0.2, -0.15) is 0 Å². The lowest BCUT2D eigenvalue weighted by Crippen LogP contribution is -2.06. The van der Waals surface area contributed by atoms with Gasteiger partial charge >= 0.3 is 0 Å². The molecule has 7 nitrogen and oxygen atoms in total. The van der Waals surface area contributed by atoms with Gasteiger partial charge < -0.3 is 14.0 Å². The first-order chi connectivity index (χ1) is 13.2. The molecule has 0 atom stereocenters. The van der Waals surface area contributed by atoms with Crippen LogP contribution >= 0.6 is 11.8 Å². The summed E-state index contributed by atoms with van der Waals surface area (Å²) in [5.74, 6) is 2.13. The van der Waals surface area contributed by atoms with Crippen molar-refractivity contribution in [1.82, 2.24) is 19.7 Å². The fourth-order valence-corrected chi connectivity index (χ4v) is 3.51. The Labute approximate surface area is 161 Å². The second kappa shape index (κ2) is 8.68. The van der Waals surface area contributed by atoms with E-state index in [-0.39, 0.29) is 11.5 Å². The summed E-state index contributed by atoms with van der Waals surface area (Å²) in [5.41, 5.74) is 1.51. The van der Waals surface area contributed by atoms with Crippen molar-refractivity contribution < 1.29 is 14.3 Å². The van der Waals surface area contributed by atoms with Crippen LogP contribution in [0.4, 0.5) is 0 Å². The fourth-order valence-electron chi connectivity index (χ4n) is 2.62. The predicted octanol–water partition coefficient (Wildman–Crippen LogP) is 3.35. The summed E-state index contributed by atoms with van der Waals surface area (Å²) in [6.07, 6.45) is 3.44. The summed E-state index contributed by atoms with van der Waals surface area (Å²) >= 11 is 1.37. The Bertz CT molecular complexity index is 928. The van der Waals surface area contributed by atoms with Crippen LogP contribution in [0.25, 0.3) is 11.4 Å². The number of thioether (sulfide) groups is 1. The third kappa shape index (κ3) is 4.11. The van der Waals surface area contributed by atoms with Gasteiger partial charge in [0.25, 0.3) is 0 Å². The summed E-state index contributed by atoms with van der Waals surface area (Å²) in [4.78, 5) is 16.6. The Kier molecular flexibility index (Phi) is 6.08. The largest absolute Gasteiger partial charge is 0.493 e. The Morgan fingerprint density at radius 1 is 1.07 bits per heavy atom. The van der Waals surface area contributed by atoms with Crippen LogP contribution in [0.1, 0.15) is 17.3 Å². The number of ketones is 1. The molecule has 0 aliphatic heterocycles. The number of nitrogens with zero attached hydrogens (tertiary/aromatic N) is 4. The highest BCUT2D eigenvalue weighted by molar-refractivity contribution is 7.99. The lowest BCUT2D eigenvalue weighted by Gasteiger charge is -2.09. The van der Waals surface area contributed by atoms with E-state index in [1.165, 1.54) is 11.8 Å². The molecule has 1 aromatic carbocycles. The van der Waals surface area contributed by atoms with Gasteiger partial charge in [-0.05, 0) is 37.3 Å². The molecule has 0 N–H and O–H groups in total. The van der Waals surface area contributed by atoms with Gasteiger partial charge in [-0.1, -0.05) is 11.8 Å². The monoisotopic (exact) mass is 384 g/mol. The number of pyridine rings is 1. The van der Waals surface area contributed by atoms with Gasteiger partial charge in [-0.3, -0.25) is 9.78 Å². The highest BCUT2D eigenvalue weighted by Crippen LogP contribution is 2.29. The zero-order chi connectivity index (χ0) is 19.2. The Hall–Kier alpha value is -2.87. The second-order valence-corrected chi connectivity index (χ2v) is 6.51. The van der Waals surface area contributed by atoms with Gasteiger partial charge in [0.2, 0.25) is 0 Å². The molecule has 0 radical (unpaired) electrons. The molecule has 0 bridgehead atoms. The normalized spacial score (nSPS) is 10.6. The summed E-state index contributed by atoms with van der Waals surface area (Å²) in [5, 5.41) is 9.23. The number of Topliss-reactive ketones (excluding diaryl/α,β-unsaturated/α-hetero) is 1. The molecule has 0 spiro atoms. The van der Waals surface area contributed by atoms with Crippen LogP contribution in [0.15, 0.2) is 47.9 Å². The number of hydrogen-bond donors (Lipinski definition) is 0. The van der Waals surface area contributed by atoms with Crippen LogP contribution in [-0.4, -0.2) is 45.5 Å². The molecule has 0 aliphatic carbocycles. The van der Waals surface area contributed by atoms with E-state index in [9.17, 15) is 4.79 Å². The van der Waals surface area contributed by atoms with E-state index in [1.54, 1.807) is 44.8 Å². The molecule has 3 rings (SSSR count). The molecular formula is C19H20N4O3S. The van der Waals surface area contributed by atoms with E-state index < -0.39 is 0 Å². The maximum absolute atomic E-state index is 12.6. The first-order valence-electron chi connectivity index (χ1n) is 8.39. The van der Waals surface area contributed by atoms with E-state index in [0.29, 0.717) is 28.8 Å². The van der Waals surface area contributed by atoms with Crippen molar-refractivity contribution in [3.05, 3.63) is 48.3 Å². The highest BCUT2D eigenvalue weighted by Gasteiger charge is 2.16. The lowest BCUT2D eigenvalue weighted by atomic mass is 10.1. The molecule has 0 aliphatic rings. The van der Waals surface area contributed by atoms with Gasteiger partial charge in [0.15, 0.2) is 28.3 Å². The Balaban J connectivity index is 1.75. The molecule has 0 saturated carbocycles. The number of ether oxygens (including phenoxy) is 2. The minimum atomic E-state index is -0.0166. The number of carbonyl (C=O) groups excluding carboxylic acids is 1. The predicted molar refractivity (Wildman–Crippen MR) is 104 cm³/mol. The average molecular weight is 384 g/mol. The van der Waals surface area contributed by atoms with Crippen molar-refractivity contribution in [2.45, 2.75) is 18.6 Å². The number of benzene rings is 1.